The van der Waals surface area contributed by atoms with E-state index in [4.69, 9.17) is 0 Å². The predicted octanol–water partition coefficient (Wildman–Crippen LogP) is 2.12. The Morgan fingerprint density at radius 2 is 1.32 bits per heavy atom. The van der Waals surface area contributed by atoms with Crippen molar-refractivity contribution in [3.05, 3.63) is 83.9 Å². The molecule has 0 fully saturated rings. The molecule has 0 saturated heterocycles. The van der Waals surface area contributed by atoms with Crippen molar-refractivity contribution in [3.63, 3.8) is 0 Å². The van der Waals surface area contributed by atoms with Crippen molar-refractivity contribution in [1.29, 1.82) is 0 Å². The molecule has 0 unspecified atom stereocenters. The van der Waals surface area contributed by atoms with Crippen LogP contribution in [0.5, 0.6) is 0 Å². The minimum atomic E-state index is -0.316. The summed E-state index contributed by atoms with van der Waals surface area (Å²) in [5.74, 6) is -0.813. The third-order valence-electron chi connectivity index (χ3n) is 4.21. The molecule has 6 heteroatoms. The molecule has 0 aliphatic carbocycles. The Bertz CT molecular complexity index is 981. The van der Waals surface area contributed by atoms with Crippen molar-refractivity contribution in [1.82, 2.24) is 16.0 Å². The van der Waals surface area contributed by atoms with Gasteiger partial charge in [-0.2, -0.15) is 0 Å². The van der Waals surface area contributed by atoms with E-state index in [9.17, 15) is 14.4 Å². The van der Waals surface area contributed by atoms with Gasteiger partial charge in [0.15, 0.2) is 0 Å². The molecule has 0 saturated carbocycles. The summed E-state index contributed by atoms with van der Waals surface area (Å²) in [4.78, 5) is 36.1. The van der Waals surface area contributed by atoms with Gasteiger partial charge in [-0.05, 0) is 29.0 Å². The number of carbonyl (C=O) groups excluding carboxylic acids is 3. The first-order valence-corrected chi connectivity index (χ1v) is 9.01. The number of fused-ring (bicyclic) bond motifs is 1. The fourth-order valence-electron chi connectivity index (χ4n) is 2.81. The molecule has 28 heavy (non-hydrogen) atoms. The number of carbonyl (C=O) groups is 3. The zero-order valence-corrected chi connectivity index (χ0v) is 15.3. The fourth-order valence-corrected chi connectivity index (χ4v) is 2.81. The van der Waals surface area contributed by atoms with Gasteiger partial charge in [0.2, 0.25) is 5.91 Å². The van der Waals surface area contributed by atoms with E-state index in [0.717, 1.165) is 10.8 Å². The second-order valence-corrected chi connectivity index (χ2v) is 6.18. The van der Waals surface area contributed by atoms with E-state index in [2.05, 4.69) is 16.0 Å². The number of rotatable bonds is 7. The highest BCUT2D eigenvalue weighted by Crippen LogP contribution is 2.18. The quantitative estimate of drug-likeness (QED) is 0.553. The molecule has 0 aliphatic rings. The maximum atomic E-state index is 12.4. The Hall–Kier alpha value is -3.67. The predicted molar refractivity (Wildman–Crippen MR) is 108 cm³/mol. The minimum Gasteiger partial charge on any atom is -0.353 e. The standard InChI is InChI=1S/C22H21N3O3/c26-20(15-25-21(27)17-8-2-1-3-9-17)23-13-14-24-22(28)19-12-6-10-16-7-4-5-11-18(16)19/h1-12H,13-15H2,(H,23,26)(H,24,28)(H,25,27). The second-order valence-electron chi connectivity index (χ2n) is 6.18. The molecule has 3 amide bonds. The summed E-state index contributed by atoms with van der Waals surface area (Å²) in [6, 6.07) is 21.9. The van der Waals surface area contributed by atoms with Crippen LogP contribution in [-0.4, -0.2) is 37.4 Å². The van der Waals surface area contributed by atoms with Gasteiger partial charge in [-0.3, -0.25) is 14.4 Å². The largest absolute Gasteiger partial charge is 0.353 e. The lowest BCUT2D eigenvalue weighted by Gasteiger charge is -2.09. The molecule has 0 heterocycles. The van der Waals surface area contributed by atoms with Crippen molar-refractivity contribution in [2.45, 2.75) is 0 Å². The topological polar surface area (TPSA) is 87.3 Å². The number of amides is 3. The van der Waals surface area contributed by atoms with Crippen molar-refractivity contribution in [2.24, 2.45) is 0 Å². The highest BCUT2D eigenvalue weighted by Gasteiger charge is 2.10. The summed E-state index contributed by atoms with van der Waals surface area (Å²) in [7, 11) is 0. The van der Waals surface area contributed by atoms with Gasteiger partial charge < -0.3 is 16.0 Å². The Morgan fingerprint density at radius 1 is 0.643 bits per heavy atom. The molecular weight excluding hydrogens is 354 g/mol. The van der Waals surface area contributed by atoms with Gasteiger partial charge in [-0.15, -0.1) is 0 Å². The van der Waals surface area contributed by atoms with Crippen LogP contribution in [0.15, 0.2) is 72.8 Å². The lowest BCUT2D eigenvalue weighted by atomic mass is 10.0. The summed E-state index contributed by atoms with van der Waals surface area (Å²) in [5, 5.41) is 9.90. The first-order chi connectivity index (χ1) is 13.6. The zero-order valence-electron chi connectivity index (χ0n) is 15.3. The van der Waals surface area contributed by atoms with Crippen LogP contribution in [0.4, 0.5) is 0 Å². The Morgan fingerprint density at radius 3 is 2.14 bits per heavy atom. The Kier molecular flexibility index (Phi) is 6.36. The molecule has 0 spiro atoms. The van der Waals surface area contributed by atoms with Crippen LogP contribution in [0.2, 0.25) is 0 Å². The molecule has 3 aromatic carbocycles. The SMILES string of the molecule is O=C(CNC(=O)c1ccccc1)NCCNC(=O)c1cccc2ccccc12. The first-order valence-electron chi connectivity index (χ1n) is 9.01. The molecule has 142 valence electrons. The lowest BCUT2D eigenvalue weighted by molar-refractivity contribution is -0.120. The molecule has 3 rings (SSSR count). The van der Waals surface area contributed by atoms with E-state index in [1.54, 1.807) is 30.3 Å². The van der Waals surface area contributed by atoms with E-state index in [1.807, 2.05) is 42.5 Å². The number of benzene rings is 3. The van der Waals surface area contributed by atoms with Gasteiger partial charge >= 0.3 is 0 Å². The summed E-state index contributed by atoms with van der Waals surface area (Å²) in [6.07, 6.45) is 0. The normalized spacial score (nSPS) is 10.3. The summed E-state index contributed by atoms with van der Waals surface area (Å²) in [5.41, 5.74) is 1.09. The van der Waals surface area contributed by atoms with Crippen LogP contribution >= 0.6 is 0 Å². The minimum absolute atomic E-state index is 0.120. The molecule has 0 aromatic heterocycles. The number of hydrogen-bond acceptors (Lipinski definition) is 3. The summed E-state index contributed by atoms with van der Waals surface area (Å²) in [6.45, 7) is 0.446. The first kappa shape index (κ1) is 19.1. The van der Waals surface area contributed by atoms with Crippen LogP contribution < -0.4 is 16.0 Å². The molecule has 6 nitrogen and oxygen atoms in total. The molecule has 0 atom stereocenters. The van der Waals surface area contributed by atoms with Gasteiger partial charge in [0.1, 0.15) is 0 Å². The maximum Gasteiger partial charge on any atom is 0.251 e. The zero-order chi connectivity index (χ0) is 19.8. The van der Waals surface area contributed by atoms with Crippen molar-refractivity contribution in [3.8, 4) is 0 Å². The number of hydrogen-bond donors (Lipinski definition) is 3. The molecule has 0 aliphatic heterocycles. The Labute approximate surface area is 162 Å². The van der Waals surface area contributed by atoms with E-state index < -0.39 is 0 Å². The summed E-state index contributed by atoms with van der Waals surface area (Å²) < 4.78 is 0. The van der Waals surface area contributed by atoms with E-state index >= 15 is 0 Å². The maximum absolute atomic E-state index is 12.4. The van der Waals surface area contributed by atoms with E-state index in [0.29, 0.717) is 17.7 Å². The molecule has 3 N–H and O–H groups in total. The average molecular weight is 375 g/mol. The third-order valence-corrected chi connectivity index (χ3v) is 4.21. The monoisotopic (exact) mass is 375 g/mol. The van der Waals surface area contributed by atoms with E-state index in [-0.39, 0.29) is 30.8 Å². The van der Waals surface area contributed by atoms with Crippen molar-refractivity contribution >= 4 is 28.5 Å². The van der Waals surface area contributed by atoms with Crippen LogP contribution in [-0.2, 0) is 4.79 Å². The van der Waals surface area contributed by atoms with Crippen molar-refractivity contribution in [2.75, 3.05) is 19.6 Å². The smallest absolute Gasteiger partial charge is 0.251 e. The molecule has 3 aromatic rings. The Balaban J connectivity index is 1.41. The molecular formula is C22H21N3O3. The van der Waals surface area contributed by atoms with Crippen LogP contribution in [0.1, 0.15) is 20.7 Å². The van der Waals surface area contributed by atoms with Gasteiger partial charge in [-0.25, -0.2) is 0 Å². The van der Waals surface area contributed by atoms with Crippen LogP contribution in [0.25, 0.3) is 10.8 Å². The summed E-state index contributed by atoms with van der Waals surface area (Å²) >= 11 is 0. The van der Waals surface area contributed by atoms with Crippen molar-refractivity contribution < 1.29 is 14.4 Å². The highest BCUT2D eigenvalue weighted by molar-refractivity contribution is 6.07. The third kappa shape index (κ3) is 4.94. The molecule has 0 radical (unpaired) electrons. The van der Waals surface area contributed by atoms with Crippen LogP contribution in [0.3, 0.4) is 0 Å². The van der Waals surface area contributed by atoms with Crippen LogP contribution in [0, 0.1) is 0 Å². The van der Waals surface area contributed by atoms with Gasteiger partial charge in [0.05, 0.1) is 6.54 Å². The van der Waals surface area contributed by atoms with Gasteiger partial charge in [-0.1, -0.05) is 54.6 Å². The lowest BCUT2D eigenvalue weighted by Crippen LogP contribution is -2.40. The fraction of sp³-hybridized carbons (Fsp3) is 0.136. The van der Waals surface area contributed by atoms with Gasteiger partial charge in [0.25, 0.3) is 11.8 Å². The second kappa shape index (κ2) is 9.32. The van der Waals surface area contributed by atoms with E-state index in [1.165, 1.54) is 0 Å². The number of nitrogens with one attached hydrogen (secondary N) is 3. The van der Waals surface area contributed by atoms with Gasteiger partial charge in [0, 0.05) is 24.2 Å². The molecule has 0 bridgehead atoms. The highest BCUT2D eigenvalue weighted by atomic mass is 16.2. The average Bonchev–Trinajstić information content (AvgIpc) is 2.75.